The van der Waals surface area contributed by atoms with Gasteiger partial charge in [-0.1, -0.05) is 12.1 Å². The van der Waals surface area contributed by atoms with Gasteiger partial charge in [0.1, 0.15) is 11.6 Å². The summed E-state index contributed by atoms with van der Waals surface area (Å²) < 4.78 is 31.3. The van der Waals surface area contributed by atoms with Gasteiger partial charge in [-0.3, -0.25) is 0 Å². The number of piperidine rings is 1. The number of rotatable bonds is 5. The molecule has 1 fully saturated rings. The molecule has 2 aliphatic heterocycles. The topological polar surface area (TPSA) is 96.5 Å². The van der Waals surface area contributed by atoms with E-state index in [9.17, 15) is 8.42 Å². The molecule has 8 nitrogen and oxygen atoms in total. The van der Waals surface area contributed by atoms with Crippen LogP contribution in [0.1, 0.15) is 18.4 Å². The molecule has 28 heavy (non-hydrogen) atoms. The Kier molecular flexibility index (Phi) is 5.44. The lowest BCUT2D eigenvalue weighted by Crippen LogP contribution is -2.42. The molecule has 0 saturated carbocycles. The third kappa shape index (κ3) is 4.23. The highest BCUT2D eigenvalue weighted by molar-refractivity contribution is 9.10. The van der Waals surface area contributed by atoms with Gasteiger partial charge in [0, 0.05) is 31.7 Å². The van der Waals surface area contributed by atoms with Gasteiger partial charge in [0.05, 0.1) is 23.0 Å². The summed E-state index contributed by atoms with van der Waals surface area (Å²) in [6.07, 6.45) is 5.30. The molecule has 0 spiro atoms. The molecule has 0 amide bonds. The number of nitrogens with zero attached hydrogens (tertiary/aromatic N) is 3. The monoisotopic (exact) mass is 467 g/mol. The first-order chi connectivity index (χ1) is 13.4. The van der Waals surface area contributed by atoms with Crippen LogP contribution in [0.3, 0.4) is 0 Å². The van der Waals surface area contributed by atoms with Crippen molar-refractivity contribution >= 4 is 43.4 Å². The maximum atomic E-state index is 11.6. The van der Waals surface area contributed by atoms with Crippen LogP contribution < -0.4 is 15.4 Å². The van der Waals surface area contributed by atoms with E-state index in [1.165, 1.54) is 16.1 Å². The lowest BCUT2D eigenvalue weighted by molar-refractivity contribution is 0.331. The largest absolute Gasteiger partial charge is 0.491 e. The first-order valence-electron chi connectivity index (χ1n) is 9.16. The first-order valence-corrected chi connectivity index (χ1v) is 11.8. The van der Waals surface area contributed by atoms with Gasteiger partial charge in [0.15, 0.2) is 0 Å². The number of anilines is 3. The van der Waals surface area contributed by atoms with E-state index in [2.05, 4.69) is 42.6 Å². The number of fused-ring (bicyclic) bond motifs is 1. The van der Waals surface area contributed by atoms with Crippen LogP contribution in [0.2, 0.25) is 0 Å². The maximum absolute atomic E-state index is 11.6. The van der Waals surface area contributed by atoms with Crippen molar-refractivity contribution in [3.63, 3.8) is 0 Å². The van der Waals surface area contributed by atoms with Crippen molar-refractivity contribution in [1.29, 1.82) is 0 Å². The Balaban J connectivity index is 1.46. The molecule has 1 saturated heterocycles. The number of benzene rings is 1. The first kappa shape index (κ1) is 19.4. The summed E-state index contributed by atoms with van der Waals surface area (Å²) in [5.41, 5.74) is 2.06. The van der Waals surface area contributed by atoms with Crippen LogP contribution in [-0.2, 0) is 16.4 Å². The second kappa shape index (κ2) is 7.84. The van der Waals surface area contributed by atoms with Gasteiger partial charge in [0.2, 0.25) is 16.0 Å². The molecule has 0 aliphatic carbocycles. The van der Waals surface area contributed by atoms with Crippen LogP contribution in [0.25, 0.3) is 0 Å². The Morgan fingerprint density at radius 1 is 1.29 bits per heavy atom. The number of halogens is 1. The van der Waals surface area contributed by atoms with E-state index < -0.39 is 10.0 Å². The third-order valence-electron chi connectivity index (χ3n) is 4.97. The van der Waals surface area contributed by atoms with E-state index in [0.29, 0.717) is 31.5 Å². The number of aromatic nitrogens is 2. The highest BCUT2D eigenvalue weighted by atomic mass is 79.9. The van der Waals surface area contributed by atoms with Crippen LogP contribution in [0.15, 0.2) is 28.9 Å². The molecule has 0 atom stereocenters. The van der Waals surface area contributed by atoms with Gasteiger partial charge >= 0.3 is 0 Å². The summed E-state index contributed by atoms with van der Waals surface area (Å²) in [6, 6.07) is 6.17. The van der Waals surface area contributed by atoms with Crippen LogP contribution in [0.4, 0.5) is 17.5 Å². The Bertz CT molecular complexity index is 977. The summed E-state index contributed by atoms with van der Waals surface area (Å²) >= 11 is 3.49. The molecule has 1 aromatic heterocycles. The fraction of sp³-hybridized carbons (Fsp3) is 0.444. The number of hydrogen-bond acceptors (Lipinski definition) is 7. The predicted molar refractivity (Wildman–Crippen MR) is 112 cm³/mol. The van der Waals surface area contributed by atoms with E-state index in [4.69, 9.17) is 4.74 Å². The molecule has 1 aromatic carbocycles. The van der Waals surface area contributed by atoms with Crippen molar-refractivity contribution in [2.24, 2.45) is 0 Å². The quantitative estimate of drug-likeness (QED) is 0.697. The number of ether oxygens (including phenoxy) is 1. The fourth-order valence-corrected chi connectivity index (χ4v) is 4.64. The molecule has 2 N–H and O–H groups in total. The number of nitrogens with one attached hydrogen (secondary N) is 2. The van der Waals surface area contributed by atoms with Gasteiger partial charge < -0.3 is 15.4 Å². The molecule has 2 aromatic rings. The molecular weight excluding hydrogens is 446 g/mol. The van der Waals surface area contributed by atoms with Gasteiger partial charge in [-0.05, 0) is 40.4 Å². The summed E-state index contributed by atoms with van der Waals surface area (Å²) in [4.78, 5) is 8.93. The Morgan fingerprint density at radius 2 is 2.07 bits per heavy atom. The Labute approximate surface area is 172 Å². The smallest absolute Gasteiger partial charge is 0.224 e. The van der Waals surface area contributed by atoms with Crippen molar-refractivity contribution in [1.82, 2.24) is 14.3 Å². The summed E-state index contributed by atoms with van der Waals surface area (Å²) in [6.45, 7) is 1.70. The van der Waals surface area contributed by atoms with E-state index in [1.54, 1.807) is 6.20 Å². The van der Waals surface area contributed by atoms with Gasteiger partial charge in [-0.25, -0.2) is 17.7 Å². The zero-order valence-electron chi connectivity index (χ0n) is 15.5. The summed E-state index contributed by atoms with van der Waals surface area (Å²) in [7, 11) is -3.13. The van der Waals surface area contributed by atoms with E-state index in [1.807, 2.05) is 12.1 Å². The molecule has 0 unspecified atom stereocenters. The third-order valence-corrected chi connectivity index (χ3v) is 6.85. The van der Waals surface area contributed by atoms with Gasteiger partial charge in [0.25, 0.3) is 0 Å². The molecule has 0 bridgehead atoms. The van der Waals surface area contributed by atoms with Crippen LogP contribution >= 0.6 is 15.9 Å². The number of para-hydroxylation sites is 1. The van der Waals surface area contributed by atoms with Crippen LogP contribution in [0.5, 0.6) is 5.75 Å². The average Bonchev–Trinajstić information content (AvgIpc) is 3.14. The zero-order chi connectivity index (χ0) is 19.7. The average molecular weight is 468 g/mol. The molecular formula is C18H22BrN5O3S. The summed E-state index contributed by atoms with van der Waals surface area (Å²) in [5, 5.41) is 6.65. The van der Waals surface area contributed by atoms with Crippen molar-refractivity contribution in [3.05, 3.63) is 34.4 Å². The van der Waals surface area contributed by atoms with Crippen LogP contribution in [-0.4, -0.2) is 54.7 Å². The van der Waals surface area contributed by atoms with Crippen molar-refractivity contribution in [3.8, 4) is 5.75 Å². The highest BCUT2D eigenvalue weighted by Gasteiger charge is 2.25. The van der Waals surface area contributed by atoms with E-state index >= 15 is 0 Å². The second-order valence-corrected chi connectivity index (χ2v) is 9.82. The van der Waals surface area contributed by atoms with Gasteiger partial charge in [-0.2, -0.15) is 4.98 Å². The van der Waals surface area contributed by atoms with Crippen LogP contribution in [0, 0.1) is 0 Å². The number of hydrogen-bond donors (Lipinski definition) is 2. The van der Waals surface area contributed by atoms with Crippen molar-refractivity contribution in [2.45, 2.75) is 25.3 Å². The molecule has 150 valence electrons. The van der Waals surface area contributed by atoms with Crippen molar-refractivity contribution in [2.75, 3.05) is 36.6 Å². The Morgan fingerprint density at radius 3 is 2.82 bits per heavy atom. The molecule has 2 aliphatic rings. The van der Waals surface area contributed by atoms with E-state index in [-0.39, 0.29) is 6.04 Å². The zero-order valence-corrected chi connectivity index (χ0v) is 17.9. The highest BCUT2D eigenvalue weighted by Crippen LogP contribution is 2.36. The lowest BCUT2D eigenvalue weighted by atomic mass is 10.1. The standard InChI is InChI=1S/C18H22BrN5O3S/c1-28(25,26)24-8-5-13(6-9-24)21-18-20-11-14(19)17(23-18)22-15-4-2-3-12-7-10-27-16(12)15/h2-4,11,13H,5-10H2,1H3,(H2,20,21,22,23). The normalized spacial score (nSPS) is 17.8. The predicted octanol–water partition coefficient (Wildman–Crippen LogP) is 2.75. The maximum Gasteiger partial charge on any atom is 0.224 e. The minimum Gasteiger partial charge on any atom is -0.491 e. The SMILES string of the molecule is CS(=O)(=O)N1CCC(Nc2ncc(Br)c(Nc3cccc4c3OCC4)n2)CC1. The minimum atomic E-state index is -3.13. The molecule has 4 rings (SSSR count). The molecule has 10 heteroatoms. The minimum absolute atomic E-state index is 0.135. The lowest BCUT2D eigenvalue weighted by Gasteiger charge is -2.30. The second-order valence-electron chi connectivity index (χ2n) is 6.99. The van der Waals surface area contributed by atoms with E-state index in [0.717, 1.165) is 35.2 Å². The van der Waals surface area contributed by atoms with Crippen molar-refractivity contribution < 1.29 is 13.2 Å². The Hall–Kier alpha value is -1.91. The fourth-order valence-electron chi connectivity index (χ4n) is 3.48. The summed E-state index contributed by atoms with van der Waals surface area (Å²) in [5.74, 6) is 2.03. The molecule has 0 radical (unpaired) electrons. The number of sulfonamides is 1. The molecule has 3 heterocycles. The van der Waals surface area contributed by atoms with Gasteiger partial charge in [-0.15, -0.1) is 0 Å².